The monoisotopic (exact) mass is 316 g/mol. The number of rotatable bonds is 4. The predicted octanol–water partition coefficient (Wildman–Crippen LogP) is 2.89. The van der Waals surface area contributed by atoms with E-state index in [1.165, 1.54) is 0 Å². The van der Waals surface area contributed by atoms with Gasteiger partial charge in [0.05, 0.1) is 11.0 Å². The van der Waals surface area contributed by atoms with Crippen LogP contribution in [0.15, 0.2) is 12.1 Å². The van der Waals surface area contributed by atoms with Gasteiger partial charge in [-0.3, -0.25) is 14.9 Å². The molecule has 0 aromatic heterocycles. The first-order valence-electron chi connectivity index (χ1n) is 6.52. The zero-order valence-electron chi connectivity index (χ0n) is 11.1. The van der Waals surface area contributed by atoms with Gasteiger partial charge in [-0.25, -0.2) is 8.78 Å². The molecule has 1 amide bonds. The number of hydrogen-bond acceptors (Lipinski definition) is 4. The van der Waals surface area contributed by atoms with Crippen LogP contribution in [0, 0.1) is 21.7 Å². The molecule has 1 saturated heterocycles. The molecule has 1 aliphatic heterocycles. The van der Waals surface area contributed by atoms with Crippen molar-refractivity contribution in [1.82, 2.24) is 5.32 Å². The molecule has 2 rings (SSSR count). The minimum atomic E-state index is -1.35. The molecule has 1 aromatic carbocycles. The first-order chi connectivity index (χ1) is 9.99. The lowest BCUT2D eigenvalue weighted by atomic mass is 10.1. The highest BCUT2D eigenvalue weighted by Crippen LogP contribution is 2.25. The smallest absolute Gasteiger partial charge is 0.285 e. The summed E-state index contributed by atoms with van der Waals surface area (Å²) in [6.45, 7) is 0.361. The fourth-order valence-corrected chi connectivity index (χ4v) is 3.38. The predicted molar refractivity (Wildman–Crippen MR) is 75.4 cm³/mol. The van der Waals surface area contributed by atoms with Crippen LogP contribution < -0.4 is 5.32 Å². The van der Waals surface area contributed by atoms with Crippen LogP contribution in [0.4, 0.5) is 14.5 Å². The van der Waals surface area contributed by atoms with Crippen molar-refractivity contribution >= 4 is 23.4 Å². The van der Waals surface area contributed by atoms with Gasteiger partial charge in [-0.2, -0.15) is 11.8 Å². The highest BCUT2D eigenvalue weighted by Gasteiger charge is 2.24. The van der Waals surface area contributed by atoms with E-state index in [0.29, 0.717) is 18.7 Å². The Kier molecular flexibility index (Phi) is 5.11. The van der Waals surface area contributed by atoms with Gasteiger partial charge in [0, 0.05) is 11.8 Å². The molecule has 1 unspecified atom stereocenters. The van der Waals surface area contributed by atoms with Crippen LogP contribution in [0.1, 0.15) is 29.6 Å². The molecule has 0 aliphatic carbocycles. The molecule has 8 heteroatoms. The number of hydrogen-bond donors (Lipinski definition) is 1. The van der Waals surface area contributed by atoms with Crippen molar-refractivity contribution < 1.29 is 18.5 Å². The highest BCUT2D eigenvalue weighted by atomic mass is 32.2. The Hall–Kier alpha value is -1.70. The molecular weight excluding hydrogens is 302 g/mol. The van der Waals surface area contributed by atoms with E-state index in [-0.39, 0.29) is 5.25 Å². The van der Waals surface area contributed by atoms with Crippen LogP contribution in [0.25, 0.3) is 0 Å². The molecular formula is C13H14F2N2O3S. The SMILES string of the molecule is O=C(NCC1CCCCS1)c1cc(F)c(F)cc1[N+](=O)[O-]. The Morgan fingerprint density at radius 2 is 2.10 bits per heavy atom. The van der Waals surface area contributed by atoms with Gasteiger partial charge in [-0.15, -0.1) is 0 Å². The molecule has 0 radical (unpaired) electrons. The molecule has 0 saturated carbocycles. The Bertz CT molecular complexity index is 563. The third-order valence-electron chi connectivity index (χ3n) is 3.24. The van der Waals surface area contributed by atoms with Crippen molar-refractivity contribution in [1.29, 1.82) is 0 Å². The molecule has 1 fully saturated rings. The van der Waals surface area contributed by atoms with Gasteiger partial charge in [-0.1, -0.05) is 6.42 Å². The zero-order chi connectivity index (χ0) is 15.4. The number of carbonyl (C=O) groups excluding carboxylic acids is 1. The summed E-state index contributed by atoms with van der Waals surface area (Å²) in [5.74, 6) is -2.36. The Balaban J connectivity index is 2.10. The summed E-state index contributed by atoms with van der Waals surface area (Å²) < 4.78 is 26.2. The molecule has 0 spiro atoms. The standard InChI is InChI=1S/C13H14F2N2O3S/c14-10-5-9(12(17(19)20)6-11(10)15)13(18)16-7-8-3-1-2-4-21-8/h5-6,8H,1-4,7H2,(H,16,18). The highest BCUT2D eigenvalue weighted by molar-refractivity contribution is 7.99. The van der Waals surface area contributed by atoms with Crippen molar-refractivity contribution in [2.45, 2.75) is 24.5 Å². The van der Waals surface area contributed by atoms with Gasteiger partial charge in [0.25, 0.3) is 11.6 Å². The van der Waals surface area contributed by atoms with E-state index >= 15 is 0 Å². The second-order valence-corrected chi connectivity index (χ2v) is 6.15. The van der Waals surface area contributed by atoms with Gasteiger partial charge < -0.3 is 5.32 Å². The third-order valence-corrected chi connectivity index (χ3v) is 4.64. The zero-order valence-corrected chi connectivity index (χ0v) is 11.9. The largest absolute Gasteiger partial charge is 0.351 e. The average molecular weight is 316 g/mol. The van der Waals surface area contributed by atoms with Crippen LogP contribution in [0.3, 0.4) is 0 Å². The quantitative estimate of drug-likeness (QED) is 0.685. The number of nitrogens with one attached hydrogen (secondary N) is 1. The molecule has 5 nitrogen and oxygen atoms in total. The van der Waals surface area contributed by atoms with Gasteiger partial charge in [0.2, 0.25) is 0 Å². The minimum Gasteiger partial charge on any atom is -0.351 e. The van der Waals surface area contributed by atoms with Crippen LogP contribution in [-0.4, -0.2) is 28.4 Å². The fourth-order valence-electron chi connectivity index (χ4n) is 2.14. The number of carbonyl (C=O) groups is 1. The lowest BCUT2D eigenvalue weighted by Gasteiger charge is -2.21. The van der Waals surface area contributed by atoms with Crippen molar-refractivity contribution in [2.24, 2.45) is 0 Å². The number of benzene rings is 1. The van der Waals surface area contributed by atoms with Crippen molar-refractivity contribution in [3.63, 3.8) is 0 Å². The normalized spacial score (nSPS) is 18.3. The number of nitrogens with zero attached hydrogens (tertiary/aromatic N) is 1. The second-order valence-electron chi connectivity index (χ2n) is 4.74. The molecule has 1 aromatic rings. The van der Waals surface area contributed by atoms with Crippen molar-refractivity contribution in [3.8, 4) is 0 Å². The van der Waals surface area contributed by atoms with E-state index in [4.69, 9.17) is 0 Å². The molecule has 1 N–H and O–H groups in total. The van der Waals surface area contributed by atoms with E-state index in [0.717, 1.165) is 25.0 Å². The maximum Gasteiger partial charge on any atom is 0.285 e. The number of amides is 1. The average Bonchev–Trinajstić information content (AvgIpc) is 2.48. The summed E-state index contributed by atoms with van der Waals surface area (Å²) in [6, 6.07) is 0.996. The molecule has 1 aliphatic rings. The van der Waals surface area contributed by atoms with E-state index in [1.807, 2.05) is 0 Å². The number of nitro groups is 1. The third kappa shape index (κ3) is 3.90. The van der Waals surface area contributed by atoms with Gasteiger partial charge in [0.1, 0.15) is 5.56 Å². The Morgan fingerprint density at radius 3 is 2.71 bits per heavy atom. The summed E-state index contributed by atoms with van der Waals surface area (Å²) in [4.78, 5) is 21.9. The lowest BCUT2D eigenvalue weighted by Crippen LogP contribution is -2.32. The molecule has 1 atom stereocenters. The van der Waals surface area contributed by atoms with E-state index < -0.39 is 33.7 Å². The second kappa shape index (κ2) is 6.84. The van der Waals surface area contributed by atoms with Crippen LogP contribution in [0.5, 0.6) is 0 Å². The first-order valence-corrected chi connectivity index (χ1v) is 7.57. The first kappa shape index (κ1) is 15.7. The van der Waals surface area contributed by atoms with Gasteiger partial charge in [0.15, 0.2) is 11.6 Å². The topological polar surface area (TPSA) is 72.2 Å². The van der Waals surface area contributed by atoms with Crippen molar-refractivity contribution in [2.75, 3.05) is 12.3 Å². The molecule has 114 valence electrons. The van der Waals surface area contributed by atoms with Crippen LogP contribution in [-0.2, 0) is 0 Å². The maximum absolute atomic E-state index is 13.2. The van der Waals surface area contributed by atoms with Crippen LogP contribution in [0.2, 0.25) is 0 Å². The van der Waals surface area contributed by atoms with E-state index in [2.05, 4.69) is 5.32 Å². The van der Waals surface area contributed by atoms with E-state index in [9.17, 15) is 23.7 Å². The maximum atomic E-state index is 13.2. The molecule has 21 heavy (non-hydrogen) atoms. The van der Waals surface area contributed by atoms with Gasteiger partial charge >= 0.3 is 0 Å². The number of thioether (sulfide) groups is 1. The summed E-state index contributed by atoms with van der Waals surface area (Å²) in [5, 5.41) is 13.6. The summed E-state index contributed by atoms with van der Waals surface area (Å²) in [6.07, 6.45) is 3.19. The Labute approximate surface area is 124 Å². The Morgan fingerprint density at radius 1 is 1.38 bits per heavy atom. The molecule has 1 heterocycles. The fraction of sp³-hybridized carbons (Fsp3) is 0.462. The number of nitro benzene ring substituents is 1. The van der Waals surface area contributed by atoms with E-state index in [1.54, 1.807) is 11.8 Å². The molecule has 0 bridgehead atoms. The summed E-state index contributed by atoms with van der Waals surface area (Å²) in [5.41, 5.74) is -1.19. The van der Waals surface area contributed by atoms with Crippen LogP contribution >= 0.6 is 11.8 Å². The van der Waals surface area contributed by atoms with Crippen molar-refractivity contribution in [3.05, 3.63) is 39.4 Å². The number of halogens is 2. The van der Waals surface area contributed by atoms with Gasteiger partial charge in [-0.05, 0) is 24.7 Å². The summed E-state index contributed by atoms with van der Waals surface area (Å²) >= 11 is 1.73. The minimum absolute atomic E-state index is 0.257. The lowest BCUT2D eigenvalue weighted by molar-refractivity contribution is -0.385. The summed E-state index contributed by atoms with van der Waals surface area (Å²) in [7, 11) is 0.